The van der Waals surface area contributed by atoms with Crippen LogP contribution < -0.4 is 14.8 Å². The van der Waals surface area contributed by atoms with Gasteiger partial charge in [0.15, 0.2) is 11.5 Å². The van der Waals surface area contributed by atoms with E-state index < -0.39 is 0 Å². The summed E-state index contributed by atoms with van der Waals surface area (Å²) in [5, 5.41) is 7.16. The predicted octanol–water partition coefficient (Wildman–Crippen LogP) is 2.24. The first-order valence-corrected chi connectivity index (χ1v) is 6.99. The number of rotatable bonds is 5. The van der Waals surface area contributed by atoms with Crippen molar-refractivity contribution in [3.05, 3.63) is 41.2 Å². The first-order chi connectivity index (χ1) is 10.5. The van der Waals surface area contributed by atoms with Crippen LogP contribution in [0, 0.1) is 6.92 Å². The Morgan fingerprint density at radius 3 is 2.50 bits per heavy atom. The molecule has 1 aromatic carbocycles. The summed E-state index contributed by atoms with van der Waals surface area (Å²) in [7, 11) is 4.98. The van der Waals surface area contributed by atoms with Crippen LogP contribution in [0.4, 0.5) is 0 Å². The van der Waals surface area contributed by atoms with Gasteiger partial charge in [0.25, 0.3) is 5.91 Å². The van der Waals surface area contributed by atoms with Crippen LogP contribution in [0.25, 0.3) is 0 Å². The summed E-state index contributed by atoms with van der Waals surface area (Å²) in [6.07, 6.45) is 1.77. The van der Waals surface area contributed by atoms with Crippen LogP contribution in [0.3, 0.4) is 0 Å². The molecular weight excluding hydrogens is 282 g/mol. The zero-order chi connectivity index (χ0) is 16.3. The standard InChI is InChI=1S/C16H21N3O3/c1-10(13-9-17-19(3)11(13)2)18-16(20)12-6-7-14(21-4)15(8-12)22-5/h6-10H,1-5H3,(H,18,20). The van der Waals surface area contributed by atoms with E-state index in [2.05, 4.69) is 10.4 Å². The Morgan fingerprint density at radius 2 is 1.95 bits per heavy atom. The fraction of sp³-hybridized carbons (Fsp3) is 0.375. The molecule has 0 saturated heterocycles. The van der Waals surface area contributed by atoms with Crippen LogP contribution in [0.5, 0.6) is 11.5 Å². The van der Waals surface area contributed by atoms with Crippen molar-refractivity contribution >= 4 is 5.91 Å². The van der Waals surface area contributed by atoms with E-state index in [1.165, 1.54) is 0 Å². The van der Waals surface area contributed by atoms with E-state index in [1.807, 2.05) is 20.9 Å². The second-order valence-corrected chi connectivity index (χ2v) is 5.07. The monoisotopic (exact) mass is 303 g/mol. The summed E-state index contributed by atoms with van der Waals surface area (Å²) in [6.45, 7) is 3.91. The highest BCUT2D eigenvalue weighted by molar-refractivity contribution is 5.95. The molecule has 0 aliphatic heterocycles. The van der Waals surface area contributed by atoms with Gasteiger partial charge in [-0.05, 0) is 32.0 Å². The van der Waals surface area contributed by atoms with Crippen LogP contribution in [0.15, 0.2) is 24.4 Å². The highest BCUT2D eigenvalue weighted by Crippen LogP contribution is 2.27. The molecule has 0 aliphatic carbocycles. The number of carbonyl (C=O) groups is 1. The summed E-state index contributed by atoms with van der Waals surface area (Å²) in [5.41, 5.74) is 2.54. The Labute approximate surface area is 130 Å². The fourth-order valence-corrected chi connectivity index (χ4v) is 2.28. The average molecular weight is 303 g/mol. The van der Waals surface area contributed by atoms with Crippen LogP contribution in [-0.2, 0) is 7.05 Å². The molecule has 118 valence electrons. The molecule has 2 rings (SSSR count). The van der Waals surface area contributed by atoms with Crippen LogP contribution in [0.1, 0.15) is 34.6 Å². The molecule has 1 N–H and O–H groups in total. The smallest absolute Gasteiger partial charge is 0.251 e. The molecule has 0 bridgehead atoms. The number of ether oxygens (including phenoxy) is 2. The van der Waals surface area contributed by atoms with Gasteiger partial charge in [0, 0.05) is 23.9 Å². The summed E-state index contributed by atoms with van der Waals surface area (Å²) in [6, 6.07) is 4.96. The SMILES string of the molecule is COc1ccc(C(=O)NC(C)c2cnn(C)c2C)cc1OC. The van der Waals surface area contributed by atoms with Crippen molar-refractivity contribution in [3.63, 3.8) is 0 Å². The van der Waals surface area contributed by atoms with Gasteiger partial charge < -0.3 is 14.8 Å². The molecule has 1 amide bonds. The maximum Gasteiger partial charge on any atom is 0.251 e. The molecule has 22 heavy (non-hydrogen) atoms. The minimum atomic E-state index is -0.170. The molecule has 0 radical (unpaired) electrons. The molecule has 1 unspecified atom stereocenters. The lowest BCUT2D eigenvalue weighted by molar-refractivity contribution is 0.0939. The number of hydrogen-bond donors (Lipinski definition) is 1. The van der Waals surface area contributed by atoms with Gasteiger partial charge in [-0.15, -0.1) is 0 Å². The van der Waals surface area contributed by atoms with Crippen molar-refractivity contribution in [2.75, 3.05) is 14.2 Å². The van der Waals surface area contributed by atoms with Crippen molar-refractivity contribution < 1.29 is 14.3 Å². The number of hydrogen-bond acceptors (Lipinski definition) is 4. The van der Waals surface area contributed by atoms with Gasteiger partial charge >= 0.3 is 0 Å². The van der Waals surface area contributed by atoms with Crippen molar-refractivity contribution in [2.45, 2.75) is 19.9 Å². The van der Waals surface area contributed by atoms with Crippen LogP contribution >= 0.6 is 0 Å². The quantitative estimate of drug-likeness (QED) is 0.920. The highest BCUT2D eigenvalue weighted by atomic mass is 16.5. The zero-order valence-electron chi connectivity index (χ0n) is 13.5. The van der Waals surface area contributed by atoms with Crippen molar-refractivity contribution in [1.82, 2.24) is 15.1 Å². The Bertz CT molecular complexity index is 679. The third-order valence-electron chi connectivity index (χ3n) is 3.73. The Balaban J connectivity index is 2.17. The van der Waals surface area contributed by atoms with E-state index in [-0.39, 0.29) is 11.9 Å². The third kappa shape index (κ3) is 3.05. The highest BCUT2D eigenvalue weighted by Gasteiger charge is 2.17. The molecule has 6 nitrogen and oxygen atoms in total. The molecule has 2 aromatic rings. The topological polar surface area (TPSA) is 65.4 Å². The first kappa shape index (κ1) is 15.9. The number of carbonyl (C=O) groups excluding carboxylic acids is 1. The third-order valence-corrected chi connectivity index (χ3v) is 3.73. The Hall–Kier alpha value is -2.50. The van der Waals surface area contributed by atoms with Gasteiger partial charge in [-0.1, -0.05) is 0 Å². The summed E-state index contributed by atoms with van der Waals surface area (Å²) in [5.74, 6) is 0.951. The number of nitrogens with zero attached hydrogens (tertiary/aromatic N) is 2. The van der Waals surface area contributed by atoms with Crippen molar-refractivity contribution in [1.29, 1.82) is 0 Å². The number of benzene rings is 1. The molecule has 1 atom stereocenters. The first-order valence-electron chi connectivity index (χ1n) is 6.99. The van der Waals surface area contributed by atoms with E-state index in [4.69, 9.17) is 9.47 Å². The van der Waals surface area contributed by atoms with Gasteiger partial charge in [-0.25, -0.2) is 0 Å². The Morgan fingerprint density at radius 1 is 1.27 bits per heavy atom. The lowest BCUT2D eigenvalue weighted by Crippen LogP contribution is -2.27. The number of aromatic nitrogens is 2. The van der Waals surface area contributed by atoms with Crippen molar-refractivity contribution in [3.8, 4) is 11.5 Å². The van der Waals surface area contributed by atoms with Gasteiger partial charge in [-0.2, -0.15) is 5.10 Å². The van der Waals surface area contributed by atoms with Crippen LogP contribution in [-0.4, -0.2) is 29.9 Å². The molecule has 0 aliphatic rings. The minimum Gasteiger partial charge on any atom is -0.493 e. The molecule has 1 aromatic heterocycles. The number of methoxy groups -OCH3 is 2. The lowest BCUT2D eigenvalue weighted by atomic mass is 10.1. The molecule has 0 saturated carbocycles. The molecule has 1 heterocycles. The second kappa shape index (κ2) is 6.51. The Kier molecular flexibility index (Phi) is 4.70. The van der Waals surface area contributed by atoms with Gasteiger partial charge in [-0.3, -0.25) is 9.48 Å². The second-order valence-electron chi connectivity index (χ2n) is 5.07. The lowest BCUT2D eigenvalue weighted by Gasteiger charge is -2.15. The van der Waals surface area contributed by atoms with Gasteiger partial charge in [0.05, 0.1) is 26.5 Å². The number of amides is 1. The number of aryl methyl sites for hydroxylation is 1. The van der Waals surface area contributed by atoms with E-state index >= 15 is 0 Å². The van der Waals surface area contributed by atoms with Gasteiger partial charge in [0.2, 0.25) is 0 Å². The fourth-order valence-electron chi connectivity index (χ4n) is 2.28. The zero-order valence-corrected chi connectivity index (χ0v) is 13.5. The van der Waals surface area contributed by atoms with E-state index in [0.717, 1.165) is 11.3 Å². The van der Waals surface area contributed by atoms with E-state index in [1.54, 1.807) is 43.3 Å². The van der Waals surface area contributed by atoms with Crippen LogP contribution in [0.2, 0.25) is 0 Å². The maximum atomic E-state index is 12.4. The van der Waals surface area contributed by atoms with E-state index in [9.17, 15) is 4.79 Å². The summed E-state index contributed by atoms with van der Waals surface area (Å²) in [4.78, 5) is 12.4. The molecule has 6 heteroatoms. The summed E-state index contributed by atoms with van der Waals surface area (Å²) < 4.78 is 12.2. The number of nitrogens with one attached hydrogen (secondary N) is 1. The molecule has 0 fully saturated rings. The van der Waals surface area contributed by atoms with E-state index in [0.29, 0.717) is 17.1 Å². The minimum absolute atomic E-state index is 0.130. The van der Waals surface area contributed by atoms with Crippen molar-refractivity contribution in [2.24, 2.45) is 7.05 Å². The molecular formula is C16H21N3O3. The predicted molar refractivity (Wildman–Crippen MR) is 83.4 cm³/mol. The molecule has 0 spiro atoms. The normalized spacial score (nSPS) is 11.9. The van der Waals surface area contributed by atoms with Gasteiger partial charge in [0.1, 0.15) is 0 Å². The summed E-state index contributed by atoms with van der Waals surface area (Å²) >= 11 is 0. The maximum absolute atomic E-state index is 12.4. The largest absolute Gasteiger partial charge is 0.493 e. The average Bonchev–Trinajstić information content (AvgIpc) is 2.86.